The summed E-state index contributed by atoms with van der Waals surface area (Å²) in [7, 11) is 0. The summed E-state index contributed by atoms with van der Waals surface area (Å²) < 4.78 is 0. The van der Waals surface area contributed by atoms with Crippen molar-refractivity contribution in [2.75, 3.05) is 0 Å². The molecule has 0 saturated heterocycles. The van der Waals surface area contributed by atoms with E-state index in [2.05, 4.69) is 15.0 Å². The van der Waals surface area contributed by atoms with Crippen molar-refractivity contribution >= 4 is 28.2 Å². The second-order valence-electron chi connectivity index (χ2n) is 4.61. The highest BCUT2D eigenvalue weighted by Gasteiger charge is 2.11. The molecule has 0 saturated carbocycles. The fourth-order valence-corrected chi connectivity index (χ4v) is 2.39. The number of rotatable bonds is 1. The lowest BCUT2D eigenvalue weighted by Gasteiger charge is -2.00. The summed E-state index contributed by atoms with van der Waals surface area (Å²) in [6.07, 6.45) is 25.3. The van der Waals surface area contributed by atoms with Crippen molar-refractivity contribution in [3.05, 3.63) is 90.1 Å². The molecule has 0 aromatic carbocycles. The number of hydrogen-bond acceptors (Lipinski definition) is 2. The van der Waals surface area contributed by atoms with Crippen LogP contribution in [0.4, 0.5) is 0 Å². The molecule has 4 heteroatoms. The topological polar surface area (TPSA) is 41.6 Å². The van der Waals surface area contributed by atoms with Crippen LogP contribution in [0.5, 0.6) is 0 Å². The zero-order chi connectivity index (χ0) is 15.2. The van der Waals surface area contributed by atoms with E-state index >= 15 is 0 Å². The van der Waals surface area contributed by atoms with Gasteiger partial charge in [0.1, 0.15) is 17.1 Å². The lowest BCUT2D eigenvalue weighted by molar-refractivity contribution is 1.20. The van der Waals surface area contributed by atoms with Crippen LogP contribution in [0.1, 0.15) is 5.56 Å². The van der Waals surface area contributed by atoms with Gasteiger partial charge in [0, 0.05) is 11.8 Å². The Morgan fingerprint density at radius 1 is 0.818 bits per heavy atom. The molecule has 0 amide bonds. The van der Waals surface area contributed by atoms with Gasteiger partial charge in [-0.1, -0.05) is 78.4 Å². The number of halogens is 1. The van der Waals surface area contributed by atoms with Gasteiger partial charge in [0.25, 0.3) is 0 Å². The van der Waals surface area contributed by atoms with Gasteiger partial charge in [-0.25, -0.2) is 9.97 Å². The average Bonchev–Trinajstić information content (AvgIpc) is 2.93. The van der Waals surface area contributed by atoms with Crippen LogP contribution in [-0.2, 0) is 0 Å². The fourth-order valence-electron chi connectivity index (χ4n) is 2.16. The van der Waals surface area contributed by atoms with Crippen LogP contribution in [0.15, 0.2) is 79.4 Å². The van der Waals surface area contributed by atoms with Crippen LogP contribution in [0, 0.1) is 0 Å². The first-order chi connectivity index (χ1) is 10.9. The van der Waals surface area contributed by atoms with E-state index < -0.39 is 0 Å². The SMILES string of the molecule is Clc1ncnc2[nH]cc(C3=C/C=C\C=C/C=C\C=C/C=C\3)c12. The van der Waals surface area contributed by atoms with E-state index in [0.717, 1.165) is 22.2 Å². The molecule has 0 radical (unpaired) electrons. The maximum Gasteiger partial charge on any atom is 0.142 e. The maximum absolute atomic E-state index is 6.23. The molecule has 0 bridgehead atoms. The van der Waals surface area contributed by atoms with Crippen molar-refractivity contribution in [2.24, 2.45) is 0 Å². The lowest BCUT2D eigenvalue weighted by Crippen LogP contribution is -1.84. The van der Waals surface area contributed by atoms with Crippen molar-refractivity contribution in [3.63, 3.8) is 0 Å². The fraction of sp³-hybridized carbons (Fsp3) is 0. The minimum atomic E-state index is 0.448. The predicted octanol–water partition coefficient (Wildman–Crippen LogP) is 4.79. The number of nitrogens with one attached hydrogen (secondary N) is 1. The van der Waals surface area contributed by atoms with Crippen molar-refractivity contribution in [3.8, 4) is 0 Å². The molecule has 0 unspecified atom stereocenters. The number of hydrogen-bond donors (Lipinski definition) is 1. The number of H-pyrrole nitrogens is 1. The highest BCUT2D eigenvalue weighted by atomic mass is 35.5. The largest absolute Gasteiger partial charge is 0.345 e. The molecule has 2 heterocycles. The summed E-state index contributed by atoms with van der Waals surface area (Å²) in [5.74, 6) is 0. The third-order valence-electron chi connectivity index (χ3n) is 3.18. The smallest absolute Gasteiger partial charge is 0.142 e. The van der Waals surface area contributed by atoms with Gasteiger partial charge in [-0.3, -0.25) is 0 Å². The minimum absolute atomic E-state index is 0.448. The van der Waals surface area contributed by atoms with Crippen molar-refractivity contribution in [1.82, 2.24) is 15.0 Å². The van der Waals surface area contributed by atoms with Crippen molar-refractivity contribution < 1.29 is 0 Å². The summed E-state index contributed by atoms with van der Waals surface area (Å²) in [5.41, 5.74) is 2.74. The molecule has 2 aromatic heterocycles. The van der Waals surface area contributed by atoms with Gasteiger partial charge in [0.05, 0.1) is 5.39 Å². The number of aromatic amines is 1. The minimum Gasteiger partial charge on any atom is -0.345 e. The Morgan fingerprint density at radius 2 is 1.50 bits per heavy atom. The molecular weight excluding hydrogens is 294 g/mol. The van der Waals surface area contributed by atoms with E-state index in [1.54, 1.807) is 0 Å². The Kier molecular flexibility index (Phi) is 4.47. The highest BCUT2D eigenvalue weighted by Crippen LogP contribution is 2.29. The Morgan fingerprint density at radius 3 is 2.27 bits per heavy atom. The van der Waals surface area contributed by atoms with Crippen LogP contribution >= 0.6 is 11.6 Å². The maximum atomic E-state index is 6.23. The molecule has 1 aliphatic carbocycles. The first-order valence-corrected chi connectivity index (χ1v) is 7.27. The summed E-state index contributed by atoms with van der Waals surface area (Å²) in [6.45, 7) is 0. The zero-order valence-electron chi connectivity index (χ0n) is 11.8. The van der Waals surface area contributed by atoms with Crippen LogP contribution in [0.2, 0.25) is 5.15 Å². The second kappa shape index (κ2) is 6.87. The standard InChI is InChI=1S/C18H14ClN3/c19-17-16-15(12-20-18(16)22-13-21-17)14-10-8-6-4-2-1-3-5-7-9-11-14/h1-13H,(H,20,21,22)/b2-1-,3-1?,4-2?,5-3-,6-4-,7-5?,8-6?,9-7-,10-8-,11-9?,14-10?,14-11+. The number of aromatic nitrogens is 3. The zero-order valence-corrected chi connectivity index (χ0v) is 12.5. The van der Waals surface area contributed by atoms with Crippen LogP contribution in [0.3, 0.4) is 0 Å². The molecule has 22 heavy (non-hydrogen) atoms. The molecule has 0 spiro atoms. The van der Waals surface area contributed by atoms with Crippen molar-refractivity contribution in [2.45, 2.75) is 0 Å². The molecule has 0 fully saturated rings. The molecule has 1 N–H and O–H groups in total. The van der Waals surface area contributed by atoms with E-state index in [1.807, 2.05) is 73.0 Å². The summed E-state index contributed by atoms with van der Waals surface area (Å²) in [5, 5.41) is 1.28. The lowest BCUT2D eigenvalue weighted by atomic mass is 10.1. The Labute approximate surface area is 133 Å². The van der Waals surface area contributed by atoms with E-state index in [9.17, 15) is 0 Å². The van der Waals surface area contributed by atoms with Gasteiger partial charge < -0.3 is 4.98 Å². The van der Waals surface area contributed by atoms with E-state index in [4.69, 9.17) is 11.6 Å². The average molecular weight is 308 g/mol. The molecule has 3 rings (SSSR count). The van der Waals surface area contributed by atoms with Gasteiger partial charge in [-0.15, -0.1) is 0 Å². The summed E-state index contributed by atoms with van der Waals surface area (Å²) in [6, 6.07) is 0. The van der Waals surface area contributed by atoms with Gasteiger partial charge in [0.2, 0.25) is 0 Å². The Bertz CT molecular complexity index is 848. The number of fused-ring (bicyclic) bond motifs is 1. The first-order valence-electron chi connectivity index (χ1n) is 6.89. The van der Waals surface area contributed by atoms with Crippen LogP contribution in [-0.4, -0.2) is 15.0 Å². The molecule has 1 aliphatic rings. The Balaban J connectivity index is 2.10. The summed E-state index contributed by atoms with van der Waals surface area (Å²) >= 11 is 6.23. The second-order valence-corrected chi connectivity index (χ2v) is 4.97. The Hall–Kier alpha value is -2.65. The highest BCUT2D eigenvalue weighted by molar-refractivity contribution is 6.34. The van der Waals surface area contributed by atoms with E-state index in [0.29, 0.717) is 5.15 Å². The predicted molar refractivity (Wildman–Crippen MR) is 92.6 cm³/mol. The van der Waals surface area contributed by atoms with Crippen LogP contribution < -0.4 is 0 Å². The number of allylic oxidation sites excluding steroid dienone is 12. The molecular formula is C18H14ClN3. The van der Waals surface area contributed by atoms with Gasteiger partial charge >= 0.3 is 0 Å². The molecule has 3 nitrogen and oxygen atoms in total. The quantitative estimate of drug-likeness (QED) is 0.770. The number of nitrogens with zero attached hydrogens (tertiary/aromatic N) is 2. The monoisotopic (exact) mass is 307 g/mol. The molecule has 108 valence electrons. The van der Waals surface area contributed by atoms with E-state index in [1.165, 1.54) is 6.33 Å². The summed E-state index contributed by atoms with van der Waals surface area (Å²) in [4.78, 5) is 11.4. The van der Waals surface area contributed by atoms with Crippen molar-refractivity contribution in [1.29, 1.82) is 0 Å². The molecule has 0 aliphatic heterocycles. The normalized spacial score (nSPS) is 24.5. The van der Waals surface area contributed by atoms with Crippen LogP contribution in [0.25, 0.3) is 16.6 Å². The molecule has 0 atom stereocenters. The van der Waals surface area contributed by atoms with Gasteiger partial charge in [-0.05, 0) is 5.57 Å². The van der Waals surface area contributed by atoms with E-state index in [-0.39, 0.29) is 0 Å². The first kappa shape index (κ1) is 14.3. The van der Waals surface area contributed by atoms with Gasteiger partial charge in [0.15, 0.2) is 0 Å². The molecule has 2 aromatic rings. The third kappa shape index (κ3) is 3.15. The third-order valence-corrected chi connectivity index (χ3v) is 3.46. The van der Waals surface area contributed by atoms with Gasteiger partial charge in [-0.2, -0.15) is 0 Å².